The van der Waals surface area contributed by atoms with Crippen LogP contribution in [0.25, 0.3) is 10.8 Å². The third kappa shape index (κ3) is 4.39. The van der Waals surface area contributed by atoms with Gasteiger partial charge in [0, 0.05) is 27.6 Å². The SMILES string of the molecule is CS(C)=NC(=O)c1ccc(C2=NOC(c3cc(Cl)cc(Cl)c3)(C(F)(F)F)C2)c2ccccc12. The molecule has 1 heterocycles. The fourth-order valence-corrected chi connectivity index (χ4v) is 4.74. The molecule has 1 aliphatic heterocycles. The molecule has 4 rings (SSSR count). The second-order valence-corrected chi connectivity index (χ2v) is 10.3. The fraction of sp³-hybridized carbons (Fsp3) is 0.217. The van der Waals surface area contributed by atoms with Gasteiger partial charge in [0.15, 0.2) is 0 Å². The highest BCUT2D eigenvalue weighted by Gasteiger charge is 2.62. The van der Waals surface area contributed by atoms with Crippen LogP contribution < -0.4 is 0 Å². The van der Waals surface area contributed by atoms with Crippen LogP contribution in [-0.4, -0.2) is 30.3 Å². The van der Waals surface area contributed by atoms with Crippen molar-refractivity contribution in [2.24, 2.45) is 9.52 Å². The molecular weight excluding hydrogens is 496 g/mol. The third-order valence-electron chi connectivity index (χ3n) is 5.25. The van der Waals surface area contributed by atoms with Crippen molar-refractivity contribution in [3.63, 3.8) is 0 Å². The average Bonchev–Trinajstić information content (AvgIpc) is 3.18. The van der Waals surface area contributed by atoms with Crippen molar-refractivity contribution >= 4 is 56.3 Å². The predicted octanol–water partition coefficient (Wildman–Crippen LogP) is 6.93. The molecular formula is C23H17Cl2F3N2O2S. The van der Waals surface area contributed by atoms with E-state index in [1.54, 1.807) is 36.4 Å². The number of carbonyl (C=O) groups is 1. The van der Waals surface area contributed by atoms with Gasteiger partial charge in [0.1, 0.15) is 0 Å². The number of amides is 1. The van der Waals surface area contributed by atoms with Gasteiger partial charge in [-0.25, -0.2) is 0 Å². The van der Waals surface area contributed by atoms with Gasteiger partial charge in [0.25, 0.3) is 11.5 Å². The van der Waals surface area contributed by atoms with Crippen molar-refractivity contribution in [3.05, 3.63) is 81.3 Å². The Hall–Kier alpha value is -2.42. The lowest BCUT2D eigenvalue weighted by Gasteiger charge is -2.29. The van der Waals surface area contributed by atoms with Crippen LogP contribution in [0.4, 0.5) is 13.2 Å². The summed E-state index contributed by atoms with van der Waals surface area (Å²) < 4.78 is 47.1. The summed E-state index contributed by atoms with van der Waals surface area (Å²) in [6.45, 7) is 0. The zero-order chi connectivity index (χ0) is 24.0. The smallest absolute Gasteiger partial charge is 0.374 e. The summed E-state index contributed by atoms with van der Waals surface area (Å²) in [4.78, 5) is 17.7. The van der Waals surface area contributed by atoms with Crippen LogP contribution >= 0.6 is 23.2 Å². The minimum Gasteiger partial charge on any atom is -0.374 e. The molecule has 3 aromatic rings. The molecule has 0 aromatic heterocycles. The topological polar surface area (TPSA) is 51.0 Å². The van der Waals surface area contributed by atoms with E-state index in [9.17, 15) is 18.0 Å². The molecule has 0 aliphatic carbocycles. The Balaban J connectivity index is 1.82. The normalized spacial score (nSPS) is 18.4. The maximum atomic E-state index is 14.3. The monoisotopic (exact) mass is 512 g/mol. The quantitative estimate of drug-likeness (QED) is 0.382. The molecule has 4 nitrogen and oxygen atoms in total. The minimum absolute atomic E-state index is 0.0566. The summed E-state index contributed by atoms with van der Waals surface area (Å²) in [7, 11) is -0.457. The Kier molecular flexibility index (Phi) is 6.28. The largest absolute Gasteiger partial charge is 0.435 e. The summed E-state index contributed by atoms with van der Waals surface area (Å²) in [6, 6.07) is 13.8. The Morgan fingerprint density at radius 2 is 1.70 bits per heavy atom. The van der Waals surface area contributed by atoms with Gasteiger partial charge >= 0.3 is 6.18 Å². The van der Waals surface area contributed by atoms with Gasteiger partial charge in [-0.3, -0.25) is 4.79 Å². The van der Waals surface area contributed by atoms with Gasteiger partial charge in [0.05, 0.1) is 11.3 Å². The predicted molar refractivity (Wildman–Crippen MR) is 126 cm³/mol. The molecule has 1 atom stereocenters. The first-order valence-electron chi connectivity index (χ1n) is 9.66. The van der Waals surface area contributed by atoms with E-state index in [0.29, 0.717) is 21.9 Å². The van der Waals surface area contributed by atoms with Crippen molar-refractivity contribution in [2.75, 3.05) is 12.5 Å². The van der Waals surface area contributed by atoms with Gasteiger partial charge in [-0.1, -0.05) is 69.4 Å². The van der Waals surface area contributed by atoms with E-state index in [4.69, 9.17) is 28.0 Å². The fourth-order valence-electron chi connectivity index (χ4n) is 3.79. The molecule has 3 aromatic carbocycles. The van der Waals surface area contributed by atoms with Crippen LogP contribution in [0.15, 0.2) is 64.1 Å². The van der Waals surface area contributed by atoms with Crippen LogP contribution in [0, 0.1) is 0 Å². The number of fused-ring (bicyclic) bond motifs is 1. The van der Waals surface area contributed by atoms with E-state index >= 15 is 0 Å². The summed E-state index contributed by atoms with van der Waals surface area (Å²) in [5, 5.41) is 5.11. The first-order chi connectivity index (χ1) is 15.5. The number of benzene rings is 3. The molecule has 0 N–H and O–H groups in total. The van der Waals surface area contributed by atoms with Gasteiger partial charge in [-0.2, -0.15) is 17.5 Å². The molecule has 0 fully saturated rings. The molecule has 1 unspecified atom stereocenters. The van der Waals surface area contributed by atoms with Crippen molar-refractivity contribution < 1.29 is 22.8 Å². The number of alkyl halides is 3. The molecule has 33 heavy (non-hydrogen) atoms. The highest BCUT2D eigenvalue weighted by atomic mass is 35.5. The first-order valence-corrected chi connectivity index (χ1v) is 12.4. The van der Waals surface area contributed by atoms with Crippen LogP contribution in [0.5, 0.6) is 0 Å². The van der Waals surface area contributed by atoms with Gasteiger partial charge in [-0.05, 0) is 47.5 Å². The molecule has 0 saturated carbocycles. The minimum atomic E-state index is -4.80. The van der Waals surface area contributed by atoms with Gasteiger partial charge in [0.2, 0.25) is 0 Å². The molecule has 0 spiro atoms. The summed E-state index contributed by atoms with van der Waals surface area (Å²) in [5.74, 6) is -0.381. The lowest BCUT2D eigenvalue weighted by molar-refractivity contribution is -0.275. The maximum Gasteiger partial charge on any atom is 0.435 e. The van der Waals surface area contributed by atoms with E-state index < -0.39 is 28.9 Å². The summed E-state index contributed by atoms with van der Waals surface area (Å²) >= 11 is 11.9. The summed E-state index contributed by atoms with van der Waals surface area (Å²) in [6.07, 6.45) is -1.74. The van der Waals surface area contributed by atoms with E-state index in [1.807, 2.05) is 12.5 Å². The number of rotatable bonds is 3. The summed E-state index contributed by atoms with van der Waals surface area (Å²) in [5.41, 5.74) is -2.06. The molecule has 0 bridgehead atoms. The number of halogens is 5. The van der Waals surface area contributed by atoms with E-state index in [-0.39, 0.29) is 27.2 Å². The number of hydrogen-bond donors (Lipinski definition) is 0. The molecule has 172 valence electrons. The van der Waals surface area contributed by atoms with E-state index in [1.165, 1.54) is 18.2 Å². The second-order valence-electron chi connectivity index (χ2n) is 7.67. The zero-order valence-corrected chi connectivity index (χ0v) is 19.7. The molecule has 0 saturated heterocycles. The van der Waals surface area contributed by atoms with Crippen molar-refractivity contribution in [1.29, 1.82) is 0 Å². The second kappa shape index (κ2) is 8.74. The highest BCUT2D eigenvalue weighted by Crippen LogP contribution is 2.50. The molecule has 0 radical (unpaired) electrons. The Bertz CT molecular complexity index is 1320. The van der Waals surface area contributed by atoms with Crippen molar-refractivity contribution in [2.45, 2.75) is 18.2 Å². The number of oxime groups is 1. The van der Waals surface area contributed by atoms with E-state index in [0.717, 1.165) is 0 Å². The molecule has 1 aliphatic rings. The Labute approximate surface area is 200 Å². The lowest BCUT2D eigenvalue weighted by Crippen LogP contribution is -2.42. The lowest BCUT2D eigenvalue weighted by atomic mass is 9.85. The third-order valence-corrected chi connectivity index (χ3v) is 6.21. The molecule has 1 amide bonds. The number of hydrogen-bond acceptors (Lipinski definition) is 3. The van der Waals surface area contributed by atoms with Crippen molar-refractivity contribution in [3.8, 4) is 0 Å². The zero-order valence-electron chi connectivity index (χ0n) is 17.4. The van der Waals surface area contributed by atoms with Crippen molar-refractivity contribution in [1.82, 2.24) is 0 Å². The maximum absolute atomic E-state index is 14.3. The number of carbonyl (C=O) groups excluding carboxylic acids is 1. The van der Waals surface area contributed by atoms with E-state index in [2.05, 4.69) is 9.52 Å². The molecule has 10 heteroatoms. The Morgan fingerprint density at radius 1 is 1.06 bits per heavy atom. The van der Waals surface area contributed by atoms with Crippen LogP contribution in [-0.2, 0) is 21.1 Å². The van der Waals surface area contributed by atoms with Crippen LogP contribution in [0.1, 0.15) is 27.9 Å². The number of nitrogens with zero attached hydrogens (tertiary/aromatic N) is 2. The highest BCUT2D eigenvalue weighted by molar-refractivity contribution is 7.86. The Morgan fingerprint density at radius 3 is 2.30 bits per heavy atom. The van der Waals surface area contributed by atoms with Gasteiger partial charge in [-0.15, -0.1) is 0 Å². The average molecular weight is 513 g/mol. The standard InChI is InChI=1S/C23H17Cl2F3N2O2S/c1-33(2)30-21(31)19-8-7-18(16-5-3-4-6-17(16)19)20-12-22(32-29-20,23(26,27)28)13-9-14(24)11-15(25)10-13/h3-11H,12H2,1-2H3. The van der Waals surface area contributed by atoms with Crippen LogP contribution in [0.3, 0.4) is 0 Å². The van der Waals surface area contributed by atoms with Crippen LogP contribution in [0.2, 0.25) is 10.0 Å². The first kappa shape index (κ1) is 23.7. The van der Waals surface area contributed by atoms with Gasteiger partial charge < -0.3 is 4.84 Å².